The molecule has 0 aliphatic rings. The standard InChI is InChI=1S/C20H24N2O3/c1-14-11-15(2)20(16(3)12-14)22-19(24)13-21-18(23)9-10-25-17-7-5-4-6-8-17/h4-8,11-12H,9-10,13H2,1-3H3,(H,21,23)(H,22,24). The van der Waals surface area contributed by atoms with Crippen molar-refractivity contribution in [1.29, 1.82) is 0 Å². The summed E-state index contributed by atoms with van der Waals surface area (Å²) in [6.07, 6.45) is 0.199. The summed E-state index contributed by atoms with van der Waals surface area (Å²) in [5.74, 6) is 0.258. The minimum Gasteiger partial charge on any atom is -0.493 e. The van der Waals surface area contributed by atoms with Gasteiger partial charge in [0.15, 0.2) is 0 Å². The fourth-order valence-electron chi connectivity index (χ4n) is 2.61. The van der Waals surface area contributed by atoms with Crippen molar-refractivity contribution in [2.24, 2.45) is 0 Å². The summed E-state index contributed by atoms with van der Waals surface area (Å²) in [6.45, 7) is 6.14. The minimum atomic E-state index is -0.243. The SMILES string of the molecule is Cc1cc(C)c(NC(=O)CNC(=O)CCOc2ccccc2)c(C)c1. The lowest BCUT2D eigenvalue weighted by atomic mass is 10.1. The monoisotopic (exact) mass is 340 g/mol. The molecule has 0 radical (unpaired) electrons. The molecule has 0 unspecified atom stereocenters. The highest BCUT2D eigenvalue weighted by molar-refractivity contribution is 5.95. The Balaban J connectivity index is 1.73. The third-order valence-electron chi connectivity index (χ3n) is 3.73. The number of aryl methyl sites for hydroxylation is 3. The van der Waals surface area contributed by atoms with Crippen LogP contribution >= 0.6 is 0 Å². The van der Waals surface area contributed by atoms with Gasteiger partial charge in [-0.3, -0.25) is 9.59 Å². The quantitative estimate of drug-likeness (QED) is 0.814. The largest absolute Gasteiger partial charge is 0.493 e. The number of carbonyl (C=O) groups is 2. The molecule has 0 bridgehead atoms. The Kier molecular flexibility index (Phi) is 6.57. The topological polar surface area (TPSA) is 67.4 Å². The highest BCUT2D eigenvalue weighted by Gasteiger charge is 2.10. The average molecular weight is 340 g/mol. The van der Waals surface area contributed by atoms with E-state index in [0.29, 0.717) is 0 Å². The van der Waals surface area contributed by atoms with Crippen molar-refractivity contribution in [3.8, 4) is 5.75 Å². The molecule has 5 nitrogen and oxygen atoms in total. The molecule has 2 aromatic carbocycles. The van der Waals surface area contributed by atoms with E-state index < -0.39 is 0 Å². The molecule has 0 atom stereocenters. The van der Waals surface area contributed by atoms with Gasteiger partial charge in [-0.1, -0.05) is 35.9 Å². The maximum Gasteiger partial charge on any atom is 0.243 e. The number of benzene rings is 2. The van der Waals surface area contributed by atoms with Crippen LogP contribution in [0.15, 0.2) is 42.5 Å². The van der Waals surface area contributed by atoms with Gasteiger partial charge in [0.25, 0.3) is 0 Å². The van der Waals surface area contributed by atoms with Crippen molar-refractivity contribution in [3.63, 3.8) is 0 Å². The smallest absolute Gasteiger partial charge is 0.243 e. The highest BCUT2D eigenvalue weighted by Crippen LogP contribution is 2.21. The normalized spacial score (nSPS) is 10.2. The summed E-state index contributed by atoms with van der Waals surface area (Å²) < 4.78 is 5.46. The first-order chi connectivity index (χ1) is 12.0. The van der Waals surface area contributed by atoms with Crippen molar-refractivity contribution in [3.05, 3.63) is 59.2 Å². The molecule has 0 spiro atoms. The molecule has 0 saturated carbocycles. The van der Waals surface area contributed by atoms with E-state index in [1.165, 1.54) is 0 Å². The molecule has 25 heavy (non-hydrogen) atoms. The van der Waals surface area contributed by atoms with E-state index in [1.54, 1.807) is 0 Å². The fourth-order valence-corrected chi connectivity index (χ4v) is 2.61. The van der Waals surface area contributed by atoms with Gasteiger partial charge in [-0.05, 0) is 44.0 Å². The van der Waals surface area contributed by atoms with Crippen LogP contribution in [-0.2, 0) is 9.59 Å². The summed E-state index contributed by atoms with van der Waals surface area (Å²) in [7, 11) is 0. The van der Waals surface area contributed by atoms with Crippen molar-refractivity contribution in [2.75, 3.05) is 18.5 Å². The van der Waals surface area contributed by atoms with E-state index in [-0.39, 0.29) is 31.4 Å². The summed E-state index contributed by atoms with van der Waals surface area (Å²) in [5.41, 5.74) is 3.97. The predicted molar refractivity (Wildman–Crippen MR) is 98.8 cm³/mol. The Morgan fingerprint density at radius 2 is 1.60 bits per heavy atom. The lowest BCUT2D eigenvalue weighted by molar-refractivity contribution is -0.124. The van der Waals surface area contributed by atoms with E-state index in [1.807, 2.05) is 63.2 Å². The first-order valence-electron chi connectivity index (χ1n) is 8.28. The van der Waals surface area contributed by atoms with Crippen molar-refractivity contribution >= 4 is 17.5 Å². The third-order valence-corrected chi connectivity index (χ3v) is 3.73. The second kappa shape index (κ2) is 8.87. The summed E-state index contributed by atoms with van der Waals surface area (Å²) in [5, 5.41) is 5.47. The van der Waals surface area contributed by atoms with Gasteiger partial charge in [-0.15, -0.1) is 0 Å². The first-order valence-corrected chi connectivity index (χ1v) is 8.28. The molecule has 132 valence electrons. The van der Waals surface area contributed by atoms with Crippen LogP contribution in [0.2, 0.25) is 0 Å². The molecule has 0 aliphatic heterocycles. The molecule has 5 heteroatoms. The summed E-state index contributed by atoms with van der Waals surface area (Å²) in [6, 6.07) is 13.3. The second-order valence-electron chi connectivity index (χ2n) is 6.01. The van der Waals surface area contributed by atoms with Gasteiger partial charge in [0, 0.05) is 5.69 Å². The molecule has 0 aliphatic carbocycles. The fraction of sp³-hybridized carbons (Fsp3) is 0.300. The Morgan fingerprint density at radius 1 is 0.960 bits per heavy atom. The third kappa shape index (κ3) is 5.95. The van der Waals surface area contributed by atoms with Crippen LogP contribution in [0.1, 0.15) is 23.1 Å². The van der Waals surface area contributed by atoms with Crippen LogP contribution in [-0.4, -0.2) is 25.0 Å². The zero-order chi connectivity index (χ0) is 18.2. The van der Waals surface area contributed by atoms with Crippen molar-refractivity contribution < 1.29 is 14.3 Å². The predicted octanol–water partition coefficient (Wildman–Crippen LogP) is 3.14. The maximum atomic E-state index is 12.0. The van der Waals surface area contributed by atoms with Gasteiger partial charge in [0.1, 0.15) is 5.75 Å². The van der Waals surface area contributed by atoms with Crippen molar-refractivity contribution in [2.45, 2.75) is 27.2 Å². The van der Waals surface area contributed by atoms with Crippen LogP contribution in [0.4, 0.5) is 5.69 Å². The Bertz CT molecular complexity index is 719. The number of amides is 2. The van der Waals surface area contributed by atoms with E-state index in [0.717, 1.165) is 28.1 Å². The molecule has 0 aromatic heterocycles. The molecule has 0 fully saturated rings. The lowest BCUT2D eigenvalue weighted by Crippen LogP contribution is -2.33. The van der Waals surface area contributed by atoms with E-state index in [9.17, 15) is 9.59 Å². The van der Waals surface area contributed by atoms with Crippen LogP contribution in [0.3, 0.4) is 0 Å². The number of rotatable bonds is 7. The number of ether oxygens (including phenoxy) is 1. The van der Waals surface area contributed by atoms with Crippen LogP contribution in [0.25, 0.3) is 0 Å². The Labute approximate surface area is 148 Å². The molecular formula is C20H24N2O3. The maximum absolute atomic E-state index is 12.0. The van der Waals surface area contributed by atoms with Crippen LogP contribution in [0.5, 0.6) is 5.75 Å². The molecule has 2 N–H and O–H groups in total. The molecule has 2 amide bonds. The number of carbonyl (C=O) groups excluding carboxylic acids is 2. The lowest BCUT2D eigenvalue weighted by Gasteiger charge is -2.13. The first kappa shape index (κ1) is 18.5. The van der Waals surface area contributed by atoms with Gasteiger partial charge in [-0.25, -0.2) is 0 Å². The van der Waals surface area contributed by atoms with E-state index >= 15 is 0 Å². The number of hydrogen-bond donors (Lipinski definition) is 2. The molecule has 0 saturated heterocycles. The van der Waals surface area contributed by atoms with Gasteiger partial charge < -0.3 is 15.4 Å². The van der Waals surface area contributed by atoms with Gasteiger partial charge in [0.05, 0.1) is 19.6 Å². The summed E-state index contributed by atoms with van der Waals surface area (Å²) in [4.78, 5) is 23.8. The van der Waals surface area contributed by atoms with E-state index in [4.69, 9.17) is 4.74 Å². The van der Waals surface area contributed by atoms with E-state index in [2.05, 4.69) is 10.6 Å². The zero-order valence-electron chi connectivity index (χ0n) is 14.9. The zero-order valence-corrected chi connectivity index (χ0v) is 14.9. The molecule has 2 aromatic rings. The number of para-hydroxylation sites is 1. The molecular weight excluding hydrogens is 316 g/mol. The Morgan fingerprint density at radius 3 is 2.24 bits per heavy atom. The average Bonchev–Trinajstić information content (AvgIpc) is 2.57. The highest BCUT2D eigenvalue weighted by atomic mass is 16.5. The van der Waals surface area contributed by atoms with Crippen molar-refractivity contribution in [1.82, 2.24) is 5.32 Å². The second-order valence-corrected chi connectivity index (χ2v) is 6.01. The molecule has 0 heterocycles. The minimum absolute atomic E-state index is 0.0586. The summed E-state index contributed by atoms with van der Waals surface area (Å²) >= 11 is 0. The number of anilines is 1. The van der Waals surface area contributed by atoms with Gasteiger partial charge in [-0.2, -0.15) is 0 Å². The van der Waals surface area contributed by atoms with Crippen LogP contribution in [0, 0.1) is 20.8 Å². The number of nitrogens with one attached hydrogen (secondary N) is 2. The van der Waals surface area contributed by atoms with Gasteiger partial charge >= 0.3 is 0 Å². The Hall–Kier alpha value is -2.82. The number of hydrogen-bond acceptors (Lipinski definition) is 3. The van der Waals surface area contributed by atoms with Gasteiger partial charge in [0.2, 0.25) is 11.8 Å². The van der Waals surface area contributed by atoms with Crippen LogP contribution < -0.4 is 15.4 Å². The molecule has 2 rings (SSSR count).